The largest absolute Gasteiger partial charge is 0.483 e. The Bertz CT molecular complexity index is 1180. The first-order chi connectivity index (χ1) is 15.3. The van der Waals surface area contributed by atoms with Crippen molar-refractivity contribution in [3.63, 3.8) is 0 Å². The molecule has 0 saturated carbocycles. The molecule has 3 aromatic rings. The molecule has 164 valence electrons. The Morgan fingerprint density at radius 3 is 2.44 bits per heavy atom. The third-order valence-corrected chi connectivity index (χ3v) is 5.33. The molecule has 0 saturated heterocycles. The molecule has 0 spiro atoms. The van der Waals surface area contributed by atoms with Gasteiger partial charge in [-0.2, -0.15) is 0 Å². The lowest BCUT2D eigenvalue weighted by Gasteiger charge is -2.28. The van der Waals surface area contributed by atoms with Crippen LogP contribution in [0, 0.1) is 17.5 Å². The van der Waals surface area contributed by atoms with Crippen molar-refractivity contribution >= 4 is 17.5 Å². The molecule has 3 aromatic carbocycles. The van der Waals surface area contributed by atoms with E-state index in [0.29, 0.717) is 23.1 Å². The van der Waals surface area contributed by atoms with E-state index in [1.54, 1.807) is 35.2 Å². The number of carbonyl (C=O) groups is 2. The zero-order valence-corrected chi connectivity index (χ0v) is 17.1. The monoisotopic (exact) mass is 440 g/mol. The Morgan fingerprint density at radius 2 is 1.72 bits per heavy atom. The summed E-state index contributed by atoms with van der Waals surface area (Å²) in [5.41, 5.74) is 1.48. The Kier molecular flexibility index (Phi) is 5.85. The maximum Gasteiger partial charge on any atom is 0.261 e. The lowest BCUT2D eigenvalue weighted by Crippen LogP contribution is -2.34. The molecule has 4 rings (SSSR count). The van der Waals surface area contributed by atoms with Crippen molar-refractivity contribution in [1.29, 1.82) is 0 Å². The summed E-state index contributed by atoms with van der Waals surface area (Å²) in [7, 11) is 0. The number of hydrogen-bond donors (Lipinski definition) is 1. The van der Waals surface area contributed by atoms with E-state index in [2.05, 4.69) is 5.32 Å². The SMILES string of the molecule is C[C@@H](c1ccc(F)cc1)N1Cc2cc(NC(=O)c3ccc(F)cc3F)ccc2OCC1=O. The number of rotatable bonds is 4. The molecule has 0 aliphatic carbocycles. The molecule has 0 bridgehead atoms. The average molecular weight is 440 g/mol. The summed E-state index contributed by atoms with van der Waals surface area (Å²) in [5, 5.41) is 2.58. The van der Waals surface area contributed by atoms with Crippen LogP contribution in [0.1, 0.15) is 34.5 Å². The van der Waals surface area contributed by atoms with Gasteiger partial charge < -0.3 is 15.0 Å². The molecule has 1 heterocycles. The Morgan fingerprint density at radius 1 is 1.00 bits per heavy atom. The van der Waals surface area contributed by atoms with Crippen molar-refractivity contribution in [3.8, 4) is 5.75 Å². The average Bonchev–Trinajstić information content (AvgIpc) is 2.92. The highest BCUT2D eigenvalue weighted by molar-refractivity contribution is 6.04. The third kappa shape index (κ3) is 4.44. The van der Waals surface area contributed by atoms with Gasteiger partial charge in [0.2, 0.25) is 0 Å². The molecule has 32 heavy (non-hydrogen) atoms. The van der Waals surface area contributed by atoms with Gasteiger partial charge in [-0.25, -0.2) is 13.2 Å². The van der Waals surface area contributed by atoms with Crippen molar-refractivity contribution in [1.82, 2.24) is 4.90 Å². The van der Waals surface area contributed by atoms with E-state index in [-0.39, 0.29) is 36.5 Å². The Balaban J connectivity index is 1.57. The van der Waals surface area contributed by atoms with E-state index in [4.69, 9.17) is 4.74 Å². The summed E-state index contributed by atoms with van der Waals surface area (Å²) >= 11 is 0. The van der Waals surface area contributed by atoms with Crippen molar-refractivity contribution in [3.05, 3.63) is 94.8 Å². The summed E-state index contributed by atoms with van der Waals surface area (Å²) in [6, 6.07) is 13.1. The van der Waals surface area contributed by atoms with Gasteiger partial charge in [-0.1, -0.05) is 12.1 Å². The fourth-order valence-corrected chi connectivity index (χ4v) is 3.56. The van der Waals surface area contributed by atoms with E-state index in [1.807, 2.05) is 6.92 Å². The van der Waals surface area contributed by atoms with Crippen LogP contribution in [-0.2, 0) is 11.3 Å². The molecule has 2 amide bonds. The number of carbonyl (C=O) groups excluding carboxylic acids is 2. The minimum Gasteiger partial charge on any atom is -0.483 e. The number of nitrogens with zero attached hydrogens (tertiary/aromatic N) is 1. The van der Waals surface area contributed by atoms with Crippen LogP contribution < -0.4 is 10.1 Å². The van der Waals surface area contributed by atoms with Gasteiger partial charge in [0.25, 0.3) is 11.8 Å². The van der Waals surface area contributed by atoms with Crippen LogP contribution in [0.2, 0.25) is 0 Å². The van der Waals surface area contributed by atoms with Crippen LogP contribution in [0.15, 0.2) is 60.7 Å². The van der Waals surface area contributed by atoms with Crippen molar-refractivity contribution < 1.29 is 27.5 Å². The summed E-state index contributed by atoms with van der Waals surface area (Å²) in [5.74, 6) is -2.60. The van der Waals surface area contributed by atoms with E-state index in [1.165, 1.54) is 12.1 Å². The standard InChI is InChI=1S/C24H19F3N2O3/c1-14(15-2-4-17(25)5-3-15)29-12-16-10-19(7-9-22(16)32-13-23(29)30)28-24(31)20-8-6-18(26)11-21(20)27/h2-11,14H,12-13H2,1H3,(H,28,31)/t14-/m0/s1. The van der Waals surface area contributed by atoms with Crippen LogP contribution >= 0.6 is 0 Å². The highest BCUT2D eigenvalue weighted by atomic mass is 19.1. The normalized spacial score (nSPS) is 14.2. The lowest BCUT2D eigenvalue weighted by molar-refractivity contribution is -0.135. The highest BCUT2D eigenvalue weighted by Gasteiger charge is 2.27. The summed E-state index contributed by atoms with van der Waals surface area (Å²) in [4.78, 5) is 26.7. The number of halogens is 3. The summed E-state index contributed by atoms with van der Waals surface area (Å²) < 4.78 is 45.9. The van der Waals surface area contributed by atoms with Gasteiger partial charge in [0.15, 0.2) is 6.61 Å². The van der Waals surface area contributed by atoms with Gasteiger partial charge in [-0.05, 0) is 55.0 Å². The minimum atomic E-state index is -0.967. The summed E-state index contributed by atoms with van der Waals surface area (Å²) in [6.45, 7) is 1.87. The second-order valence-electron chi connectivity index (χ2n) is 7.44. The quantitative estimate of drug-likeness (QED) is 0.632. The van der Waals surface area contributed by atoms with Gasteiger partial charge >= 0.3 is 0 Å². The molecule has 1 aliphatic rings. The van der Waals surface area contributed by atoms with Gasteiger partial charge in [0.1, 0.15) is 23.2 Å². The molecular formula is C24H19F3N2O3. The molecule has 1 aliphatic heterocycles. The molecule has 8 heteroatoms. The first kappa shape index (κ1) is 21.4. The molecule has 1 atom stereocenters. The number of ether oxygens (including phenoxy) is 1. The Hall–Kier alpha value is -3.81. The zero-order valence-electron chi connectivity index (χ0n) is 17.1. The van der Waals surface area contributed by atoms with Crippen LogP contribution in [0.3, 0.4) is 0 Å². The van der Waals surface area contributed by atoms with Crippen LogP contribution in [0.25, 0.3) is 0 Å². The number of benzene rings is 3. The molecule has 0 fully saturated rings. The lowest BCUT2D eigenvalue weighted by atomic mass is 10.1. The van der Waals surface area contributed by atoms with Gasteiger partial charge in [-0.3, -0.25) is 9.59 Å². The van der Waals surface area contributed by atoms with E-state index in [9.17, 15) is 22.8 Å². The first-order valence-electron chi connectivity index (χ1n) is 9.89. The predicted octanol–water partition coefficient (Wildman–Crippen LogP) is 4.84. The minimum absolute atomic E-state index is 0.162. The van der Waals surface area contributed by atoms with Gasteiger partial charge in [-0.15, -0.1) is 0 Å². The molecule has 0 radical (unpaired) electrons. The molecule has 1 N–H and O–H groups in total. The topological polar surface area (TPSA) is 58.6 Å². The maximum absolute atomic E-state index is 13.9. The molecule has 5 nitrogen and oxygen atoms in total. The van der Waals surface area contributed by atoms with E-state index in [0.717, 1.165) is 17.7 Å². The fraction of sp³-hybridized carbons (Fsp3) is 0.167. The molecule has 0 aromatic heterocycles. The van der Waals surface area contributed by atoms with Crippen LogP contribution in [0.4, 0.5) is 18.9 Å². The molecular weight excluding hydrogens is 421 g/mol. The third-order valence-electron chi connectivity index (χ3n) is 5.33. The van der Waals surface area contributed by atoms with Crippen LogP contribution in [0.5, 0.6) is 5.75 Å². The zero-order chi connectivity index (χ0) is 22.8. The molecule has 0 unspecified atom stereocenters. The van der Waals surface area contributed by atoms with E-state index < -0.39 is 17.5 Å². The van der Waals surface area contributed by atoms with E-state index >= 15 is 0 Å². The van der Waals surface area contributed by atoms with Crippen molar-refractivity contribution in [2.45, 2.75) is 19.5 Å². The number of hydrogen-bond acceptors (Lipinski definition) is 3. The summed E-state index contributed by atoms with van der Waals surface area (Å²) in [6.07, 6.45) is 0. The van der Waals surface area contributed by atoms with Crippen molar-refractivity contribution in [2.24, 2.45) is 0 Å². The number of nitrogens with one attached hydrogen (secondary N) is 1. The van der Waals surface area contributed by atoms with Gasteiger partial charge in [0, 0.05) is 17.3 Å². The van der Waals surface area contributed by atoms with Crippen LogP contribution in [-0.4, -0.2) is 23.3 Å². The van der Waals surface area contributed by atoms with Crippen molar-refractivity contribution in [2.75, 3.05) is 11.9 Å². The second kappa shape index (κ2) is 8.74. The fourth-order valence-electron chi connectivity index (χ4n) is 3.56. The first-order valence-corrected chi connectivity index (χ1v) is 9.89. The van der Waals surface area contributed by atoms with Gasteiger partial charge in [0.05, 0.1) is 18.2 Å². The Labute approximate surface area is 182 Å². The predicted molar refractivity (Wildman–Crippen MR) is 112 cm³/mol. The smallest absolute Gasteiger partial charge is 0.261 e. The highest BCUT2D eigenvalue weighted by Crippen LogP contribution is 2.31. The maximum atomic E-state index is 13.9. The second-order valence-corrected chi connectivity index (χ2v) is 7.44. The number of anilines is 1. The number of amides is 2. The number of fused-ring (bicyclic) bond motifs is 1.